The van der Waals surface area contributed by atoms with Gasteiger partial charge in [-0.25, -0.2) is 4.79 Å². The van der Waals surface area contributed by atoms with Crippen molar-refractivity contribution >= 4 is 16.6 Å². The first-order valence-corrected chi connectivity index (χ1v) is 4.99. The minimum atomic E-state index is -0.424. The molecule has 7 nitrogen and oxygen atoms in total. The first-order valence-electron chi connectivity index (χ1n) is 4.99. The molecule has 0 amide bonds. The lowest BCUT2D eigenvalue weighted by molar-refractivity contribution is 0.175. The molecule has 84 valence electrons. The highest BCUT2D eigenvalue weighted by Crippen LogP contribution is 2.39. The summed E-state index contributed by atoms with van der Waals surface area (Å²) in [5.74, 6) is 1.24. The summed E-state index contributed by atoms with van der Waals surface area (Å²) in [7, 11) is 0. The van der Waals surface area contributed by atoms with E-state index in [1.807, 2.05) is 0 Å². The van der Waals surface area contributed by atoms with Crippen LogP contribution in [0.3, 0.4) is 0 Å². The summed E-state index contributed by atoms with van der Waals surface area (Å²) in [4.78, 5) is 18.5. The van der Waals surface area contributed by atoms with Crippen LogP contribution in [0.1, 0.15) is 0 Å². The van der Waals surface area contributed by atoms with Crippen LogP contribution in [0.2, 0.25) is 0 Å². The number of hydrogen-bond donors (Lipinski definition) is 1. The van der Waals surface area contributed by atoms with E-state index in [1.165, 1.54) is 10.8 Å². The Kier molecular flexibility index (Phi) is 1.39. The number of nitrogens with zero attached hydrogens (tertiary/aromatic N) is 3. The SMILES string of the molecule is O=c1nc2ccc3c(c2c2[nH]cnn12)OCO3. The van der Waals surface area contributed by atoms with Crippen LogP contribution in [-0.2, 0) is 0 Å². The zero-order valence-electron chi connectivity index (χ0n) is 8.51. The van der Waals surface area contributed by atoms with Gasteiger partial charge in [-0.3, -0.25) is 0 Å². The van der Waals surface area contributed by atoms with Gasteiger partial charge in [0.1, 0.15) is 6.33 Å². The second-order valence-corrected chi connectivity index (χ2v) is 3.64. The van der Waals surface area contributed by atoms with Gasteiger partial charge in [0.2, 0.25) is 6.79 Å². The van der Waals surface area contributed by atoms with Crippen LogP contribution in [0, 0.1) is 0 Å². The molecule has 0 saturated carbocycles. The number of aromatic amines is 1. The molecular formula is C10H6N4O3. The lowest BCUT2D eigenvalue weighted by atomic mass is 10.2. The Morgan fingerprint density at radius 2 is 2.29 bits per heavy atom. The molecule has 2 aromatic heterocycles. The average Bonchev–Trinajstić information content (AvgIpc) is 2.96. The van der Waals surface area contributed by atoms with E-state index in [9.17, 15) is 4.79 Å². The van der Waals surface area contributed by atoms with E-state index >= 15 is 0 Å². The van der Waals surface area contributed by atoms with E-state index in [4.69, 9.17) is 9.47 Å². The Bertz CT molecular complexity index is 804. The average molecular weight is 230 g/mol. The summed E-state index contributed by atoms with van der Waals surface area (Å²) in [6.45, 7) is 0.174. The molecule has 0 radical (unpaired) electrons. The van der Waals surface area contributed by atoms with Crippen LogP contribution in [0.5, 0.6) is 11.5 Å². The van der Waals surface area contributed by atoms with Crippen LogP contribution < -0.4 is 15.2 Å². The number of ether oxygens (including phenoxy) is 2. The maximum Gasteiger partial charge on any atom is 0.370 e. The number of benzene rings is 1. The zero-order valence-corrected chi connectivity index (χ0v) is 8.51. The van der Waals surface area contributed by atoms with Crippen molar-refractivity contribution in [2.75, 3.05) is 6.79 Å². The normalized spacial score (nSPS) is 13.6. The number of fused-ring (bicyclic) bond motifs is 5. The van der Waals surface area contributed by atoms with E-state index in [2.05, 4.69) is 15.1 Å². The monoisotopic (exact) mass is 230 g/mol. The Labute approximate surface area is 93.6 Å². The summed E-state index contributed by atoms with van der Waals surface area (Å²) in [6.07, 6.45) is 1.44. The van der Waals surface area contributed by atoms with Gasteiger partial charge in [-0.15, -0.1) is 0 Å². The lowest BCUT2D eigenvalue weighted by Crippen LogP contribution is -2.17. The molecule has 7 heteroatoms. The Morgan fingerprint density at radius 1 is 1.35 bits per heavy atom. The standard InChI is InChI=1S/C10H6N4O3/c15-10-13-5-1-2-6-8(17-4-16-6)7(5)9-11-3-12-14(9)10/h1-3H,4H2,(H,11,12). The third kappa shape index (κ3) is 0.975. The minimum absolute atomic E-state index is 0.174. The molecule has 0 spiro atoms. The predicted molar refractivity (Wildman–Crippen MR) is 57.2 cm³/mol. The fraction of sp³-hybridized carbons (Fsp3) is 0.100. The summed E-state index contributed by atoms with van der Waals surface area (Å²) in [5, 5.41) is 4.59. The molecule has 0 fully saturated rings. The molecule has 3 heterocycles. The summed E-state index contributed by atoms with van der Waals surface area (Å²) < 4.78 is 11.9. The molecule has 17 heavy (non-hydrogen) atoms. The van der Waals surface area contributed by atoms with Crippen molar-refractivity contribution in [3.05, 3.63) is 28.9 Å². The fourth-order valence-electron chi connectivity index (χ4n) is 2.02. The highest BCUT2D eigenvalue weighted by Gasteiger charge is 2.20. The second-order valence-electron chi connectivity index (χ2n) is 3.64. The molecule has 4 rings (SSSR count). The van der Waals surface area contributed by atoms with E-state index in [0.29, 0.717) is 28.0 Å². The van der Waals surface area contributed by atoms with E-state index in [-0.39, 0.29) is 6.79 Å². The van der Waals surface area contributed by atoms with E-state index in [0.717, 1.165) is 0 Å². The Hall–Kier alpha value is -2.57. The first kappa shape index (κ1) is 8.57. The van der Waals surface area contributed by atoms with Gasteiger partial charge < -0.3 is 14.5 Å². The van der Waals surface area contributed by atoms with Gasteiger partial charge in [-0.05, 0) is 12.1 Å². The smallest absolute Gasteiger partial charge is 0.370 e. The lowest BCUT2D eigenvalue weighted by Gasteiger charge is -2.02. The number of nitrogens with one attached hydrogen (secondary N) is 1. The molecule has 0 bridgehead atoms. The van der Waals surface area contributed by atoms with Gasteiger partial charge in [-0.2, -0.15) is 14.6 Å². The molecule has 1 aliphatic heterocycles. The number of rotatable bonds is 0. The van der Waals surface area contributed by atoms with Gasteiger partial charge >= 0.3 is 5.69 Å². The van der Waals surface area contributed by atoms with Crippen molar-refractivity contribution in [3.8, 4) is 11.5 Å². The third-order valence-electron chi connectivity index (χ3n) is 2.74. The summed E-state index contributed by atoms with van der Waals surface area (Å²) in [5.41, 5.74) is 0.693. The molecule has 1 aromatic carbocycles. The highest BCUT2D eigenvalue weighted by atomic mass is 16.7. The van der Waals surface area contributed by atoms with Gasteiger partial charge in [0, 0.05) is 0 Å². The molecule has 1 aliphatic rings. The second kappa shape index (κ2) is 2.76. The van der Waals surface area contributed by atoms with Crippen molar-refractivity contribution < 1.29 is 9.47 Å². The maximum absolute atomic E-state index is 11.7. The topological polar surface area (TPSA) is 81.5 Å². The first-order chi connectivity index (χ1) is 8.34. The molecule has 3 aromatic rings. The summed E-state index contributed by atoms with van der Waals surface area (Å²) in [6, 6.07) is 3.47. The number of hydrogen-bond acceptors (Lipinski definition) is 5. The number of H-pyrrole nitrogens is 1. The van der Waals surface area contributed by atoms with E-state index in [1.54, 1.807) is 12.1 Å². The fourth-order valence-corrected chi connectivity index (χ4v) is 2.02. The number of aromatic nitrogens is 4. The third-order valence-corrected chi connectivity index (χ3v) is 2.74. The van der Waals surface area contributed by atoms with Gasteiger partial charge in [0.25, 0.3) is 0 Å². The molecular weight excluding hydrogens is 224 g/mol. The summed E-state index contributed by atoms with van der Waals surface area (Å²) >= 11 is 0. The van der Waals surface area contributed by atoms with Crippen LogP contribution in [0.25, 0.3) is 16.6 Å². The quantitative estimate of drug-likeness (QED) is 0.600. The van der Waals surface area contributed by atoms with Crippen molar-refractivity contribution in [2.45, 2.75) is 0 Å². The van der Waals surface area contributed by atoms with Crippen LogP contribution in [0.15, 0.2) is 23.3 Å². The molecule has 0 aliphatic carbocycles. The Balaban J connectivity index is 2.34. The van der Waals surface area contributed by atoms with Crippen molar-refractivity contribution in [3.63, 3.8) is 0 Å². The van der Waals surface area contributed by atoms with Crippen molar-refractivity contribution in [2.24, 2.45) is 0 Å². The molecule has 0 unspecified atom stereocenters. The van der Waals surface area contributed by atoms with Crippen LogP contribution >= 0.6 is 0 Å². The van der Waals surface area contributed by atoms with Crippen molar-refractivity contribution in [1.29, 1.82) is 0 Å². The van der Waals surface area contributed by atoms with E-state index < -0.39 is 5.69 Å². The maximum atomic E-state index is 11.7. The van der Waals surface area contributed by atoms with Gasteiger partial charge in [-0.1, -0.05) is 0 Å². The predicted octanol–water partition coefficient (Wildman–Crippen LogP) is 0.299. The van der Waals surface area contributed by atoms with Crippen LogP contribution in [0.4, 0.5) is 0 Å². The minimum Gasteiger partial charge on any atom is -0.454 e. The molecule has 0 saturated heterocycles. The van der Waals surface area contributed by atoms with Gasteiger partial charge in [0.15, 0.2) is 17.1 Å². The largest absolute Gasteiger partial charge is 0.454 e. The molecule has 0 atom stereocenters. The van der Waals surface area contributed by atoms with Gasteiger partial charge in [0.05, 0.1) is 10.9 Å². The van der Waals surface area contributed by atoms with Crippen LogP contribution in [-0.4, -0.2) is 26.4 Å². The Morgan fingerprint density at radius 3 is 3.24 bits per heavy atom. The highest BCUT2D eigenvalue weighted by molar-refractivity contribution is 5.98. The zero-order chi connectivity index (χ0) is 11.4. The molecule has 1 N–H and O–H groups in total. The van der Waals surface area contributed by atoms with Crippen molar-refractivity contribution in [1.82, 2.24) is 19.6 Å².